The minimum absolute atomic E-state index is 0.213. The Morgan fingerprint density at radius 1 is 1.25 bits per heavy atom. The van der Waals surface area contributed by atoms with E-state index in [1.54, 1.807) is 48.8 Å². The highest BCUT2D eigenvalue weighted by Crippen LogP contribution is 2.11. The number of aromatic nitrogens is 1. The Hall–Kier alpha value is -2.21. The van der Waals surface area contributed by atoms with Gasteiger partial charge in [0.1, 0.15) is 5.01 Å². The maximum atomic E-state index is 12.0. The van der Waals surface area contributed by atoms with Crippen LogP contribution in [-0.4, -0.2) is 23.8 Å². The first-order valence-electron chi connectivity index (χ1n) is 6.12. The molecule has 5 nitrogen and oxygen atoms in total. The number of rotatable bonds is 4. The molecule has 1 aromatic heterocycles. The lowest BCUT2D eigenvalue weighted by atomic mass is 10.1. The number of nitrogens with one attached hydrogen (secondary N) is 2. The summed E-state index contributed by atoms with van der Waals surface area (Å²) in [7, 11) is 1.56. The zero-order chi connectivity index (χ0) is 14.5. The Bertz CT molecular complexity index is 637. The van der Waals surface area contributed by atoms with Crippen molar-refractivity contribution in [2.75, 3.05) is 7.05 Å². The summed E-state index contributed by atoms with van der Waals surface area (Å²) in [6.45, 7) is 2.36. The van der Waals surface area contributed by atoms with Gasteiger partial charge in [-0.15, -0.1) is 11.3 Å². The normalized spacial score (nSPS) is 10.1. The van der Waals surface area contributed by atoms with Gasteiger partial charge in [-0.25, -0.2) is 4.98 Å². The van der Waals surface area contributed by atoms with Crippen molar-refractivity contribution in [2.45, 2.75) is 13.5 Å². The fourth-order valence-corrected chi connectivity index (χ4v) is 2.41. The summed E-state index contributed by atoms with van der Waals surface area (Å²) < 4.78 is 0. The van der Waals surface area contributed by atoms with E-state index in [9.17, 15) is 9.59 Å². The van der Waals surface area contributed by atoms with Crippen LogP contribution in [0.25, 0.3) is 0 Å². The molecule has 0 radical (unpaired) electrons. The minimum atomic E-state index is -0.219. The zero-order valence-electron chi connectivity index (χ0n) is 11.3. The topological polar surface area (TPSA) is 71.1 Å². The third-order valence-electron chi connectivity index (χ3n) is 2.68. The maximum Gasteiger partial charge on any atom is 0.251 e. The second kappa shape index (κ2) is 6.29. The third kappa shape index (κ3) is 3.42. The van der Waals surface area contributed by atoms with E-state index in [0.717, 1.165) is 9.88 Å². The molecule has 20 heavy (non-hydrogen) atoms. The standard InChI is InChI=1S/C14H15N3O2S/c1-9-7-16-12(20-9)8-17-14(19)11-5-3-4-10(6-11)13(18)15-2/h3-7H,8H2,1-2H3,(H,15,18)(H,17,19). The molecular formula is C14H15N3O2S. The SMILES string of the molecule is CNC(=O)c1cccc(C(=O)NCc2ncc(C)s2)c1. The molecule has 0 saturated heterocycles. The smallest absolute Gasteiger partial charge is 0.251 e. The van der Waals surface area contributed by atoms with Gasteiger partial charge in [0.2, 0.25) is 0 Å². The highest BCUT2D eigenvalue weighted by Gasteiger charge is 2.10. The summed E-state index contributed by atoms with van der Waals surface area (Å²) in [5.74, 6) is -0.432. The van der Waals surface area contributed by atoms with Gasteiger partial charge in [0, 0.05) is 29.2 Å². The number of thiazole rings is 1. The fraction of sp³-hybridized carbons (Fsp3) is 0.214. The van der Waals surface area contributed by atoms with Crippen molar-refractivity contribution in [3.63, 3.8) is 0 Å². The predicted molar refractivity (Wildman–Crippen MR) is 77.9 cm³/mol. The lowest BCUT2D eigenvalue weighted by molar-refractivity contribution is 0.0951. The lowest BCUT2D eigenvalue weighted by Crippen LogP contribution is -2.24. The summed E-state index contributed by atoms with van der Waals surface area (Å²) in [6, 6.07) is 6.60. The van der Waals surface area contributed by atoms with E-state index in [1.165, 1.54) is 0 Å². The van der Waals surface area contributed by atoms with Crippen LogP contribution in [0.5, 0.6) is 0 Å². The van der Waals surface area contributed by atoms with E-state index in [2.05, 4.69) is 15.6 Å². The molecule has 1 heterocycles. The van der Waals surface area contributed by atoms with E-state index in [0.29, 0.717) is 17.7 Å². The number of hydrogen-bond donors (Lipinski definition) is 2. The van der Waals surface area contributed by atoms with Crippen LogP contribution in [0.15, 0.2) is 30.5 Å². The third-order valence-corrected chi connectivity index (χ3v) is 3.60. The summed E-state index contributed by atoms with van der Waals surface area (Å²) in [5.41, 5.74) is 0.921. The van der Waals surface area contributed by atoms with Crippen molar-refractivity contribution in [3.8, 4) is 0 Å². The number of carbonyl (C=O) groups is 2. The van der Waals surface area contributed by atoms with Crippen LogP contribution < -0.4 is 10.6 Å². The van der Waals surface area contributed by atoms with Gasteiger partial charge < -0.3 is 10.6 Å². The minimum Gasteiger partial charge on any atom is -0.355 e. The average molecular weight is 289 g/mol. The second-order valence-electron chi connectivity index (χ2n) is 4.21. The van der Waals surface area contributed by atoms with Crippen LogP contribution in [0.4, 0.5) is 0 Å². The van der Waals surface area contributed by atoms with Crippen molar-refractivity contribution in [2.24, 2.45) is 0 Å². The molecule has 2 amide bonds. The molecule has 0 saturated carbocycles. The molecule has 6 heteroatoms. The average Bonchev–Trinajstić information content (AvgIpc) is 2.89. The van der Waals surface area contributed by atoms with Crippen molar-refractivity contribution < 1.29 is 9.59 Å². The quantitative estimate of drug-likeness (QED) is 0.900. The summed E-state index contributed by atoms with van der Waals surface area (Å²) in [4.78, 5) is 28.8. The fourth-order valence-electron chi connectivity index (χ4n) is 1.69. The molecule has 0 fully saturated rings. The van der Waals surface area contributed by atoms with Gasteiger partial charge in [-0.05, 0) is 25.1 Å². The molecule has 2 aromatic rings. The van der Waals surface area contributed by atoms with Crippen LogP contribution in [0.2, 0.25) is 0 Å². The van der Waals surface area contributed by atoms with Crippen LogP contribution in [0, 0.1) is 6.92 Å². The van der Waals surface area contributed by atoms with Crippen LogP contribution in [-0.2, 0) is 6.54 Å². The van der Waals surface area contributed by atoms with E-state index < -0.39 is 0 Å². The number of hydrogen-bond acceptors (Lipinski definition) is 4. The molecule has 0 spiro atoms. The highest BCUT2D eigenvalue weighted by atomic mass is 32.1. The molecule has 0 aliphatic carbocycles. The van der Waals surface area contributed by atoms with Crippen molar-refractivity contribution in [3.05, 3.63) is 51.5 Å². The first-order valence-corrected chi connectivity index (χ1v) is 6.93. The molecule has 2 N–H and O–H groups in total. The lowest BCUT2D eigenvalue weighted by Gasteiger charge is -2.05. The van der Waals surface area contributed by atoms with Gasteiger partial charge in [0.05, 0.1) is 6.54 Å². The van der Waals surface area contributed by atoms with E-state index in [-0.39, 0.29) is 11.8 Å². The van der Waals surface area contributed by atoms with Gasteiger partial charge in [0.15, 0.2) is 0 Å². The molecule has 104 valence electrons. The number of nitrogens with zero attached hydrogens (tertiary/aromatic N) is 1. The number of benzene rings is 1. The number of amides is 2. The van der Waals surface area contributed by atoms with E-state index in [4.69, 9.17) is 0 Å². The van der Waals surface area contributed by atoms with Gasteiger partial charge in [0.25, 0.3) is 11.8 Å². The van der Waals surface area contributed by atoms with Gasteiger partial charge in [-0.1, -0.05) is 6.07 Å². The van der Waals surface area contributed by atoms with Crippen molar-refractivity contribution in [1.82, 2.24) is 15.6 Å². The Balaban J connectivity index is 2.03. The van der Waals surface area contributed by atoms with E-state index in [1.807, 2.05) is 6.92 Å². The van der Waals surface area contributed by atoms with Crippen LogP contribution >= 0.6 is 11.3 Å². The van der Waals surface area contributed by atoms with Crippen LogP contribution in [0.3, 0.4) is 0 Å². The molecule has 1 aromatic carbocycles. The van der Waals surface area contributed by atoms with Crippen molar-refractivity contribution in [1.29, 1.82) is 0 Å². The summed E-state index contributed by atoms with van der Waals surface area (Å²) in [5, 5.41) is 6.18. The molecule has 2 rings (SSSR count). The highest BCUT2D eigenvalue weighted by molar-refractivity contribution is 7.11. The molecule has 0 atom stereocenters. The largest absolute Gasteiger partial charge is 0.355 e. The molecule has 0 unspecified atom stereocenters. The van der Waals surface area contributed by atoms with Gasteiger partial charge >= 0.3 is 0 Å². The maximum absolute atomic E-state index is 12.0. The molecule has 0 bridgehead atoms. The Kier molecular flexibility index (Phi) is 4.47. The second-order valence-corrected chi connectivity index (χ2v) is 5.53. The van der Waals surface area contributed by atoms with Gasteiger partial charge in [-0.2, -0.15) is 0 Å². The summed E-state index contributed by atoms with van der Waals surface area (Å²) in [6.07, 6.45) is 1.78. The Labute approximate surface area is 121 Å². The first-order chi connectivity index (χ1) is 9.60. The van der Waals surface area contributed by atoms with Crippen molar-refractivity contribution >= 4 is 23.2 Å². The predicted octanol–water partition coefficient (Wildman–Crippen LogP) is 1.74. The molecular weight excluding hydrogens is 274 g/mol. The zero-order valence-corrected chi connectivity index (χ0v) is 12.1. The monoisotopic (exact) mass is 289 g/mol. The van der Waals surface area contributed by atoms with E-state index >= 15 is 0 Å². The first kappa shape index (κ1) is 14.2. The van der Waals surface area contributed by atoms with Gasteiger partial charge in [-0.3, -0.25) is 9.59 Å². The Morgan fingerprint density at radius 3 is 2.55 bits per heavy atom. The molecule has 0 aliphatic heterocycles. The number of aryl methyl sites for hydroxylation is 1. The van der Waals surface area contributed by atoms with Crippen LogP contribution in [0.1, 0.15) is 30.6 Å². The number of carbonyl (C=O) groups excluding carboxylic acids is 2. The summed E-state index contributed by atoms with van der Waals surface area (Å²) >= 11 is 1.55. The Morgan fingerprint density at radius 2 is 1.95 bits per heavy atom. The molecule has 0 aliphatic rings.